The van der Waals surface area contributed by atoms with E-state index in [2.05, 4.69) is 44.7 Å². The van der Waals surface area contributed by atoms with Gasteiger partial charge in [0.05, 0.1) is 0 Å². The highest BCUT2D eigenvalue weighted by Crippen LogP contribution is 2.21. The van der Waals surface area contributed by atoms with E-state index in [0.717, 1.165) is 10.5 Å². The molecule has 2 heteroatoms. The van der Waals surface area contributed by atoms with E-state index in [9.17, 15) is 0 Å². The molecule has 0 aliphatic rings. The van der Waals surface area contributed by atoms with E-state index >= 15 is 0 Å². The van der Waals surface area contributed by atoms with Gasteiger partial charge in [-0.15, -0.1) is 0 Å². The molecule has 0 aliphatic heterocycles. The smallest absolute Gasteiger partial charge is 0.146 e. The zero-order valence-electron chi connectivity index (χ0n) is 9.16. The van der Waals surface area contributed by atoms with Crippen LogP contribution in [0.3, 0.4) is 0 Å². The molecule has 76 valence electrons. The molecule has 0 fully saturated rings. The molecule has 0 aliphatic carbocycles. The Labute approximate surface area is 89.3 Å². The normalized spacial score (nSPS) is 15.0. The Morgan fingerprint density at radius 3 is 2.29 bits per heavy atom. The van der Waals surface area contributed by atoms with Crippen molar-refractivity contribution in [1.29, 1.82) is 0 Å². The minimum Gasteiger partial charge on any atom is -0.425 e. The molecule has 1 aromatic rings. The van der Waals surface area contributed by atoms with Crippen LogP contribution < -0.4 is 0 Å². The lowest BCUT2D eigenvalue weighted by Gasteiger charge is -2.19. The lowest BCUT2D eigenvalue weighted by atomic mass is 9.95. The third-order valence-corrected chi connectivity index (χ3v) is 3.52. The molecule has 0 N–H and O–H groups in total. The summed E-state index contributed by atoms with van der Waals surface area (Å²) in [6.45, 7) is 8.06. The van der Waals surface area contributed by atoms with E-state index in [4.69, 9.17) is 4.43 Å². The molecule has 14 heavy (non-hydrogen) atoms. The summed E-state index contributed by atoms with van der Waals surface area (Å²) in [5.41, 5.74) is 2.50. The van der Waals surface area contributed by atoms with Gasteiger partial charge in [-0.2, -0.15) is 0 Å². The van der Waals surface area contributed by atoms with Gasteiger partial charge in [0.1, 0.15) is 10.5 Å². The SMILES string of the molecule is C=Cc1ccc(C(C)C(C)O[SiH3])cc1. The first-order chi connectivity index (χ1) is 6.69. The van der Waals surface area contributed by atoms with Gasteiger partial charge in [0.2, 0.25) is 0 Å². The van der Waals surface area contributed by atoms with Crippen molar-refractivity contribution in [2.75, 3.05) is 0 Å². The summed E-state index contributed by atoms with van der Waals surface area (Å²) in [7, 11) is 0.805. The van der Waals surface area contributed by atoms with Gasteiger partial charge in [-0.3, -0.25) is 0 Å². The maximum absolute atomic E-state index is 5.44. The van der Waals surface area contributed by atoms with Gasteiger partial charge in [-0.1, -0.05) is 43.8 Å². The average Bonchev–Trinajstić information content (AvgIpc) is 2.27. The van der Waals surface area contributed by atoms with Crippen LogP contribution in [-0.2, 0) is 4.43 Å². The van der Waals surface area contributed by atoms with Gasteiger partial charge in [0.15, 0.2) is 0 Å². The zero-order valence-corrected chi connectivity index (χ0v) is 11.2. The standard InChI is InChI=1S/C12H18OSi/c1-4-11-5-7-12(8-6-11)9(2)10(3)13-14/h4-10H,1H2,2-3,14H3. The van der Waals surface area contributed by atoms with Gasteiger partial charge in [0, 0.05) is 12.0 Å². The number of rotatable bonds is 4. The Bertz CT molecular complexity index is 292. The molecule has 1 nitrogen and oxygen atoms in total. The quantitative estimate of drug-likeness (QED) is 0.686. The van der Waals surface area contributed by atoms with Crippen LogP contribution in [0.15, 0.2) is 30.8 Å². The molecule has 0 saturated heterocycles. The van der Waals surface area contributed by atoms with Gasteiger partial charge >= 0.3 is 0 Å². The highest BCUT2D eigenvalue weighted by atomic mass is 28.2. The van der Waals surface area contributed by atoms with E-state index in [0.29, 0.717) is 12.0 Å². The van der Waals surface area contributed by atoms with Crippen molar-refractivity contribution in [2.24, 2.45) is 0 Å². The topological polar surface area (TPSA) is 9.23 Å². The van der Waals surface area contributed by atoms with E-state index in [1.165, 1.54) is 11.1 Å². The van der Waals surface area contributed by atoms with Crippen LogP contribution >= 0.6 is 0 Å². The first-order valence-electron chi connectivity index (χ1n) is 4.94. The first kappa shape index (κ1) is 11.2. The maximum Gasteiger partial charge on any atom is 0.146 e. The summed E-state index contributed by atoms with van der Waals surface area (Å²) >= 11 is 0. The number of hydrogen-bond donors (Lipinski definition) is 0. The fourth-order valence-corrected chi connectivity index (χ4v) is 1.82. The van der Waals surface area contributed by atoms with Crippen molar-refractivity contribution >= 4 is 16.6 Å². The summed E-state index contributed by atoms with van der Waals surface area (Å²) in [5.74, 6) is 0.464. The second-order valence-electron chi connectivity index (χ2n) is 3.60. The van der Waals surface area contributed by atoms with Crippen molar-refractivity contribution in [2.45, 2.75) is 25.9 Å². The van der Waals surface area contributed by atoms with Crippen molar-refractivity contribution in [3.05, 3.63) is 42.0 Å². The molecule has 0 heterocycles. The van der Waals surface area contributed by atoms with Crippen LogP contribution in [0.4, 0.5) is 0 Å². The lowest BCUT2D eigenvalue weighted by molar-refractivity contribution is 0.214. The fourth-order valence-electron chi connectivity index (χ4n) is 1.41. The van der Waals surface area contributed by atoms with Crippen molar-refractivity contribution in [3.63, 3.8) is 0 Å². The van der Waals surface area contributed by atoms with Crippen LogP contribution in [-0.4, -0.2) is 16.6 Å². The van der Waals surface area contributed by atoms with Gasteiger partial charge in [0.25, 0.3) is 0 Å². The van der Waals surface area contributed by atoms with Crippen LogP contribution in [0.1, 0.15) is 30.9 Å². The highest BCUT2D eigenvalue weighted by Gasteiger charge is 2.12. The third kappa shape index (κ3) is 2.56. The molecule has 2 atom stereocenters. The third-order valence-electron chi connectivity index (χ3n) is 2.77. The number of benzene rings is 1. The van der Waals surface area contributed by atoms with Gasteiger partial charge in [-0.05, 0) is 18.1 Å². The molecule has 2 unspecified atom stereocenters. The van der Waals surface area contributed by atoms with Crippen molar-refractivity contribution < 1.29 is 4.43 Å². The molecule has 0 aromatic heterocycles. The summed E-state index contributed by atoms with van der Waals surface area (Å²) in [6, 6.07) is 8.49. The van der Waals surface area contributed by atoms with E-state index < -0.39 is 0 Å². The van der Waals surface area contributed by atoms with E-state index in [-0.39, 0.29) is 0 Å². The number of hydrogen-bond acceptors (Lipinski definition) is 1. The molecule has 1 aromatic carbocycles. The summed E-state index contributed by atoms with van der Waals surface area (Å²) in [4.78, 5) is 0. The molecule has 0 spiro atoms. The average molecular weight is 206 g/mol. The second-order valence-corrected chi connectivity index (χ2v) is 4.07. The minimum atomic E-state index is 0.316. The summed E-state index contributed by atoms with van der Waals surface area (Å²) < 4.78 is 5.44. The van der Waals surface area contributed by atoms with E-state index in [1.807, 2.05) is 6.08 Å². The first-order valence-corrected chi connectivity index (χ1v) is 5.76. The molecule has 0 bridgehead atoms. The Kier molecular flexibility index (Phi) is 4.11. The largest absolute Gasteiger partial charge is 0.425 e. The van der Waals surface area contributed by atoms with Gasteiger partial charge < -0.3 is 4.43 Å². The fraction of sp³-hybridized carbons (Fsp3) is 0.333. The van der Waals surface area contributed by atoms with E-state index in [1.54, 1.807) is 0 Å². The molecule has 0 radical (unpaired) electrons. The molecular weight excluding hydrogens is 188 g/mol. The minimum absolute atomic E-state index is 0.316. The van der Waals surface area contributed by atoms with Crippen LogP contribution in [0.5, 0.6) is 0 Å². The van der Waals surface area contributed by atoms with Crippen molar-refractivity contribution in [1.82, 2.24) is 0 Å². The molecule has 0 saturated carbocycles. The Morgan fingerprint density at radius 1 is 1.29 bits per heavy atom. The Hall–Kier alpha value is -0.863. The Balaban J connectivity index is 2.80. The molecular formula is C12H18OSi. The maximum atomic E-state index is 5.44. The predicted molar refractivity (Wildman–Crippen MR) is 65.4 cm³/mol. The molecule has 1 rings (SSSR count). The highest BCUT2D eigenvalue weighted by molar-refractivity contribution is 5.98. The lowest BCUT2D eigenvalue weighted by Crippen LogP contribution is -2.14. The zero-order chi connectivity index (χ0) is 10.6. The predicted octanol–water partition coefficient (Wildman–Crippen LogP) is 2.12. The van der Waals surface area contributed by atoms with Crippen LogP contribution in [0.2, 0.25) is 0 Å². The molecule has 0 amide bonds. The van der Waals surface area contributed by atoms with Crippen molar-refractivity contribution in [3.8, 4) is 0 Å². The summed E-state index contributed by atoms with van der Waals surface area (Å²) in [5, 5.41) is 0. The Morgan fingerprint density at radius 2 is 1.86 bits per heavy atom. The van der Waals surface area contributed by atoms with Gasteiger partial charge in [-0.25, -0.2) is 0 Å². The summed E-state index contributed by atoms with van der Waals surface area (Å²) in [6.07, 6.45) is 2.18. The second kappa shape index (κ2) is 5.13. The monoisotopic (exact) mass is 206 g/mol. The van der Waals surface area contributed by atoms with Crippen LogP contribution in [0, 0.1) is 0 Å². The van der Waals surface area contributed by atoms with Crippen LogP contribution in [0.25, 0.3) is 6.08 Å².